The van der Waals surface area contributed by atoms with E-state index in [9.17, 15) is 0 Å². The lowest BCUT2D eigenvalue weighted by atomic mass is 10.2. The topological polar surface area (TPSA) is 108 Å². The Bertz CT molecular complexity index is 692. The van der Waals surface area contributed by atoms with Gasteiger partial charge in [0.2, 0.25) is 0 Å². The first kappa shape index (κ1) is 36.1. The second-order valence-corrected chi connectivity index (χ2v) is 9.47. The third-order valence-electron chi connectivity index (χ3n) is 4.29. The molecule has 5 N–H and O–H groups in total. The minimum atomic E-state index is -0.250. The number of rotatable bonds is 8. The number of nitrogens with zero attached hydrogens (tertiary/aromatic N) is 1. The fraction of sp³-hybridized carbons (Fsp3) is 0.536. The van der Waals surface area contributed by atoms with E-state index in [1.165, 1.54) is 29.7 Å². The van der Waals surface area contributed by atoms with Crippen LogP contribution in [0.2, 0.25) is 0 Å². The van der Waals surface area contributed by atoms with Crippen molar-refractivity contribution in [2.45, 2.75) is 51.9 Å². The second-order valence-electron chi connectivity index (χ2n) is 8.30. The molecule has 0 aromatic heterocycles. The first-order chi connectivity index (χ1) is 17.3. The highest BCUT2D eigenvalue weighted by Crippen LogP contribution is 2.24. The van der Waals surface area contributed by atoms with Crippen LogP contribution in [0.25, 0.3) is 0 Å². The summed E-state index contributed by atoms with van der Waals surface area (Å²) in [6.45, 7) is 13.6. The van der Waals surface area contributed by atoms with Gasteiger partial charge >= 0.3 is 0 Å². The SMILES string of the molecule is C1CCOC1.CCO.CNCCCN(CC(C)C)Sc1ccc(N)cc1.Cc1ccccc1.O=CO. The first-order valence-electron chi connectivity index (χ1n) is 12.6. The van der Waals surface area contributed by atoms with Crippen LogP contribution in [0.4, 0.5) is 5.69 Å². The zero-order chi connectivity index (χ0) is 27.4. The molecule has 36 heavy (non-hydrogen) atoms. The van der Waals surface area contributed by atoms with E-state index in [0.717, 1.165) is 38.5 Å². The van der Waals surface area contributed by atoms with Crippen molar-refractivity contribution in [2.24, 2.45) is 5.92 Å². The highest BCUT2D eigenvalue weighted by molar-refractivity contribution is 7.97. The number of nitrogens with two attached hydrogens (primary N) is 1. The normalized spacial score (nSPS) is 11.6. The molecule has 0 radical (unpaired) electrons. The highest BCUT2D eigenvalue weighted by atomic mass is 32.2. The van der Waals surface area contributed by atoms with E-state index in [0.29, 0.717) is 5.92 Å². The van der Waals surface area contributed by atoms with Crippen molar-refractivity contribution in [1.29, 1.82) is 0 Å². The minimum absolute atomic E-state index is 0.250. The molecule has 1 saturated heterocycles. The van der Waals surface area contributed by atoms with Crippen molar-refractivity contribution in [2.75, 3.05) is 52.2 Å². The summed E-state index contributed by atoms with van der Waals surface area (Å²) in [4.78, 5) is 9.62. The Morgan fingerprint density at radius 3 is 2.00 bits per heavy atom. The predicted molar refractivity (Wildman–Crippen MR) is 154 cm³/mol. The minimum Gasteiger partial charge on any atom is -0.483 e. The molecule has 1 fully saturated rings. The molecule has 1 aliphatic rings. The number of anilines is 1. The average Bonchev–Trinajstić information content (AvgIpc) is 3.43. The molecular weight excluding hydrogens is 474 g/mol. The fourth-order valence-corrected chi connectivity index (χ4v) is 3.89. The smallest absolute Gasteiger partial charge is 0.290 e. The van der Waals surface area contributed by atoms with Gasteiger partial charge in [-0.1, -0.05) is 49.7 Å². The van der Waals surface area contributed by atoms with Gasteiger partial charge in [-0.2, -0.15) is 0 Å². The number of nitrogens with one attached hydrogen (secondary N) is 1. The van der Waals surface area contributed by atoms with Crippen molar-refractivity contribution in [3.05, 3.63) is 60.2 Å². The van der Waals surface area contributed by atoms with E-state index in [-0.39, 0.29) is 13.1 Å². The quantitative estimate of drug-likeness (QED) is 0.159. The van der Waals surface area contributed by atoms with Crippen LogP contribution in [0.15, 0.2) is 59.5 Å². The Labute approximate surface area is 223 Å². The van der Waals surface area contributed by atoms with E-state index in [2.05, 4.69) is 54.7 Å². The lowest BCUT2D eigenvalue weighted by Crippen LogP contribution is -2.24. The van der Waals surface area contributed by atoms with E-state index in [1.54, 1.807) is 6.92 Å². The molecule has 3 rings (SSSR count). The van der Waals surface area contributed by atoms with Gasteiger partial charge in [-0.25, -0.2) is 4.31 Å². The van der Waals surface area contributed by atoms with E-state index in [1.807, 2.05) is 49.3 Å². The summed E-state index contributed by atoms with van der Waals surface area (Å²) < 4.78 is 7.38. The van der Waals surface area contributed by atoms with Crippen LogP contribution in [-0.2, 0) is 9.53 Å². The van der Waals surface area contributed by atoms with Crippen LogP contribution in [0.1, 0.15) is 45.6 Å². The Morgan fingerprint density at radius 2 is 1.64 bits per heavy atom. The van der Waals surface area contributed by atoms with Gasteiger partial charge in [-0.3, -0.25) is 4.79 Å². The molecule has 7 nitrogen and oxygen atoms in total. The maximum absolute atomic E-state index is 8.36. The summed E-state index contributed by atoms with van der Waals surface area (Å²) in [6, 6.07) is 18.4. The van der Waals surface area contributed by atoms with Crippen LogP contribution in [-0.4, -0.2) is 67.5 Å². The number of aliphatic hydroxyl groups excluding tert-OH is 1. The molecule has 2 aromatic rings. The first-order valence-corrected chi connectivity index (χ1v) is 13.3. The van der Waals surface area contributed by atoms with E-state index in [4.69, 9.17) is 25.5 Å². The zero-order valence-electron chi connectivity index (χ0n) is 22.9. The van der Waals surface area contributed by atoms with Gasteiger partial charge in [0.25, 0.3) is 6.47 Å². The number of ether oxygens (including phenoxy) is 1. The van der Waals surface area contributed by atoms with Crippen LogP contribution < -0.4 is 11.1 Å². The van der Waals surface area contributed by atoms with Gasteiger partial charge in [-0.05, 0) is 88.8 Å². The van der Waals surface area contributed by atoms with Crippen LogP contribution >= 0.6 is 11.9 Å². The monoisotopic (exact) mass is 523 g/mol. The number of aryl methyl sites for hydroxylation is 1. The van der Waals surface area contributed by atoms with E-state index < -0.39 is 0 Å². The summed E-state index contributed by atoms with van der Waals surface area (Å²) in [7, 11) is 2.00. The van der Waals surface area contributed by atoms with Gasteiger partial charge in [0.1, 0.15) is 0 Å². The molecular formula is C28H49N3O4S. The molecule has 1 heterocycles. The maximum Gasteiger partial charge on any atom is 0.290 e. The number of carboxylic acid groups (broad SMARTS) is 1. The molecule has 206 valence electrons. The second kappa shape index (κ2) is 27.5. The summed E-state index contributed by atoms with van der Waals surface area (Å²) in [5.74, 6) is 0.681. The molecule has 0 saturated carbocycles. The van der Waals surface area contributed by atoms with Crippen molar-refractivity contribution in [1.82, 2.24) is 9.62 Å². The largest absolute Gasteiger partial charge is 0.483 e. The molecule has 0 unspecified atom stereocenters. The van der Waals surface area contributed by atoms with E-state index >= 15 is 0 Å². The molecule has 2 aromatic carbocycles. The lowest BCUT2D eigenvalue weighted by Gasteiger charge is -2.23. The maximum atomic E-state index is 8.36. The average molecular weight is 524 g/mol. The molecule has 8 heteroatoms. The molecule has 0 bridgehead atoms. The van der Waals surface area contributed by atoms with Crippen molar-refractivity contribution < 1.29 is 19.7 Å². The third kappa shape index (κ3) is 26.5. The Hall–Kier alpha value is -2.10. The number of aliphatic hydroxyl groups is 1. The molecule has 1 aliphatic heterocycles. The number of nitrogen functional groups attached to an aromatic ring is 1. The van der Waals surface area contributed by atoms with Gasteiger partial charge in [-0.15, -0.1) is 0 Å². The highest BCUT2D eigenvalue weighted by Gasteiger charge is 2.09. The van der Waals surface area contributed by atoms with Gasteiger partial charge in [0.15, 0.2) is 0 Å². The summed E-state index contributed by atoms with van der Waals surface area (Å²) in [5, 5.41) is 17.7. The summed E-state index contributed by atoms with van der Waals surface area (Å²) in [5.41, 5.74) is 7.85. The summed E-state index contributed by atoms with van der Waals surface area (Å²) >= 11 is 1.83. The number of hydrogen-bond donors (Lipinski definition) is 4. The predicted octanol–water partition coefficient (Wildman–Crippen LogP) is 5.33. The molecule has 0 aliphatic carbocycles. The third-order valence-corrected chi connectivity index (χ3v) is 5.36. The number of carbonyl (C=O) groups is 1. The van der Waals surface area contributed by atoms with Gasteiger partial charge in [0.05, 0.1) is 0 Å². The van der Waals surface area contributed by atoms with Crippen LogP contribution in [0, 0.1) is 12.8 Å². The van der Waals surface area contributed by atoms with Gasteiger partial charge < -0.3 is 26.0 Å². The fourth-order valence-electron chi connectivity index (χ4n) is 2.74. The zero-order valence-corrected chi connectivity index (χ0v) is 23.7. The Balaban J connectivity index is 0. The lowest BCUT2D eigenvalue weighted by molar-refractivity contribution is -0.122. The molecule has 0 atom stereocenters. The Morgan fingerprint density at radius 1 is 1.11 bits per heavy atom. The van der Waals surface area contributed by atoms with Crippen LogP contribution in [0.3, 0.4) is 0 Å². The van der Waals surface area contributed by atoms with Crippen molar-refractivity contribution in [3.63, 3.8) is 0 Å². The standard InChI is InChI=1S/C14H25N3S.C7H8.C4H8O.C2H6O.CH2O2/c1-12(2)11-17(10-4-9-16-3)18-14-7-5-13(15)6-8-14;1-7-5-3-2-4-6-7;1-2-4-5-3-1;1-2-3;2-1-3/h5-8,12,16H,4,9-11,15H2,1-3H3;2-6H,1H3;1-4H2;3H,2H2,1H3;1H,(H,2,3). The van der Waals surface area contributed by atoms with Crippen molar-refractivity contribution in [3.8, 4) is 0 Å². The molecule has 0 amide bonds. The van der Waals surface area contributed by atoms with Crippen molar-refractivity contribution >= 4 is 24.1 Å². The molecule has 0 spiro atoms. The summed E-state index contributed by atoms with van der Waals surface area (Å²) in [6.07, 6.45) is 3.73. The van der Waals surface area contributed by atoms with Gasteiger partial charge in [0, 0.05) is 43.5 Å². The number of hydrogen-bond acceptors (Lipinski definition) is 7. The Kier molecular flexibility index (Phi) is 27.5. The van der Waals surface area contributed by atoms with Crippen LogP contribution in [0.5, 0.6) is 0 Å². The number of benzene rings is 2.